The van der Waals surface area contributed by atoms with Gasteiger partial charge in [0.25, 0.3) is 5.91 Å². The molecule has 0 radical (unpaired) electrons. The first-order chi connectivity index (χ1) is 9.23. The third-order valence-electron chi connectivity index (χ3n) is 2.56. The Hall–Kier alpha value is -0.590. The largest absolute Gasteiger partial charge is 0.483 e. The molecule has 20 heavy (non-hydrogen) atoms. The summed E-state index contributed by atoms with van der Waals surface area (Å²) in [4.78, 5) is 13.6. The van der Waals surface area contributed by atoms with Gasteiger partial charge in [-0.2, -0.15) is 0 Å². The van der Waals surface area contributed by atoms with Gasteiger partial charge in [-0.15, -0.1) is 0 Å². The van der Waals surface area contributed by atoms with Crippen LogP contribution in [0.15, 0.2) is 27.1 Å². The fourth-order valence-electron chi connectivity index (χ4n) is 1.67. The molecule has 1 amide bonds. The van der Waals surface area contributed by atoms with E-state index >= 15 is 0 Å². The van der Waals surface area contributed by atoms with Crippen LogP contribution >= 0.6 is 31.9 Å². The molecule has 1 N–H and O–H groups in total. The molecule has 0 atom stereocenters. The van der Waals surface area contributed by atoms with E-state index < -0.39 is 5.60 Å². The summed E-state index contributed by atoms with van der Waals surface area (Å²) in [6, 6.07) is 5.49. The zero-order valence-electron chi connectivity index (χ0n) is 11.8. The number of benzene rings is 1. The van der Waals surface area contributed by atoms with Crippen molar-refractivity contribution in [2.75, 3.05) is 19.7 Å². The van der Waals surface area contributed by atoms with E-state index in [1.807, 2.05) is 19.1 Å². The molecule has 0 aliphatic rings. The van der Waals surface area contributed by atoms with Crippen LogP contribution in [0, 0.1) is 0 Å². The van der Waals surface area contributed by atoms with Crippen molar-refractivity contribution >= 4 is 37.8 Å². The Morgan fingerprint density at radius 3 is 2.55 bits per heavy atom. The van der Waals surface area contributed by atoms with Gasteiger partial charge < -0.3 is 14.7 Å². The Kier molecular flexibility index (Phi) is 6.48. The Morgan fingerprint density at radius 2 is 2.05 bits per heavy atom. The fraction of sp³-hybridized carbons (Fsp3) is 0.500. The van der Waals surface area contributed by atoms with Crippen LogP contribution in [0.2, 0.25) is 0 Å². The zero-order valence-corrected chi connectivity index (χ0v) is 15.0. The molecule has 112 valence electrons. The molecular weight excluding hydrogens is 390 g/mol. The van der Waals surface area contributed by atoms with Crippen molar-refractivity contribution in [2.24, 2.45) is 0 Å². The van der Waals surface area contributed by atoms with E-state index in [1.165, 1.54) is 0 Å². The van der Waals surface area contributed by atoms with Gasteiger partial charge in [0.05, 0.1) is 10.1 Å². The van der Waals surface area contributed by atoms with Gasteiger partial charge in [-0.05, 0) is 54.9 Å². The first kappa shape index (κ1) is 17.5. The van der Waals surface area contributed by atoms with Crippen molar-refractivity contribution in [1.82, 2.24) is 4.90 Å². The fourth-order valence-corrected chi connectivity index (χ4v) is 2.83. The molecule has 0 bridgehead atoms. The Bertz CT molecular complexity index is 472. The lowest BCUT2D eigenvalue weighted by Crippen LogP contribution is -2.44. The molecule has 0 heterocycles. The van der Waals surface area contributed by atoms with Crippen molar-refractivity contribution < 1.29 is 14.6 Å². The van der Waals surface area contributed by atoms with Crippen LogP contribution in [0.1, 0.15) is 20.8 Å². The molecule has 4 nitrogen and oxygen atoms in total. The topological polar surface area (TPSA) is 49.8 Å². The number of hydrogen-bond acceptors (Lipinski definition) is 3. The second-order valence-electron chi connectivity index (χ2n) is 5.08. The predicted octanol–water partition coefficient (Wildman–Crippen LogP) is 3.21. The van der Waals surface area contributed by atoms with Gasteiger partial charge in [-0.25, -0.2) is 0 Å². The summed E-state index contributed by atoms with van der Waals surface area (Å²) in [5.41, 5.74) is -0.913. The molecule has 0 fully saturated rings. The number of rotatable bonds is 6. The van der Waals surface area contributed by atoms with Gasteiger partial charge in [0, 0.05) is 17.6 Å². The number of carbonyl (C=O) groups excluding carboxylic acids is 1. The SMILES string of the molecule is CCN(CC(C)(C)O)C(=O)COc1ccc(Br)cc1Br. The second kappa shape index (κ2) is 7.43. The van der Waals surface area contributed by atoms with Gasteiger partial charge in [0.2, 0.25) is 0 Å². The van der Waals surface area contributed by atoms with Gasteiger partial charge in [0.15, 0.2) is 6.61 Å². The number of ether oxygens (including phenoxy) is 1. The molecule has 6 heteroatoms. The summed E-state index contributed by atoms with van der Waals surface area (Å²) in [6.07, 6.45) is 0. The van der Waals surface area contributed by atoms with Crippen molar-refractivity contribution in [1.29, 1.82) is 0 Å². The van der Waals surface area contributed by atoms with E-state index in [4.69, 9.17) is 4.74 Å². The maximum absolute atomic E-state index is 12.1. The van der Waals surface area contributed by atoms with Crippen LogP contribution in [0.4, 0.5) is 0 Å². The monoisotopic (exact) mass is 407 g/mol. The normalized spacial score (nSPS) is 11.3. The zero-order chi connectivity index (χ0) is 15.3. The van der Waals surface area contributed by atoms with Crippen LogP contribution in [0.25, 0.3) is 0 Å². The van der Waals surface area contributed by atoms with Crippen molar-refractivity contribution in [2.45, 2.75) is 26.4 Å². The predicted molar refractivity (Wildman–Crippen MR) is 85.9 cm³/mol. The second-order valence-corrected chi connectivity index (χ2v) is 6.85. The number of likely N-dealkylation sites (N-methyl/N-ethyl adjacent to an activating group) is 1. The van der Waals surface area contributed by atoms with Crippen molar-refractivity contribution in [3.05, 3.63) is 27.1 Å². The number of aliphatic hydroxyl groups is 1. The molecule has 1 aromatic rings. The summed E-state index contributed by atoms with van der Waals surface area (Å²) in [7, 11) is 0. The lowest BCUT2D eigenvalue weighted by molar-refractivity contribution is -0.136. The average Bonchev–Trinajstić information content (AvgIpc) is 2.33. The highest BCUT2D eigenvalue weighted by molar-refractivity contribution is 9.11. The summed E-state index contributed by atoms with van der Waals surface area (Å²) < 4.78 is 7.22. The summed E-state index contributed by atoms with van der Waals surface area (Å²) in [5.74, 6) is 0.463. The number of carbonyl (C=O) groups is 1. The molecule has 0 aliphatic carbocycles. The molecule has 0 saturated heterocycles. The highest BCUT2D eigenvalue weighted by atomic mass is 79.9. The van der Waals surface area contributed by atoms with E-state index in [2.05, 4.69) is 31.9 Å². The smallest absolute Gasteiger partial charge is 0.260 e. The summed E-state index contributed by atoms with van der Waals surface area (Å²) in [5, 5.41) is 9.78. The van der Waals surface area contributed by atoms with Crippen molar-refractivity contribution in [3.63, 3.8) is 0 Å². The van der Waals surface area contributed by atoms with E-state index in [1.54, 1.807) is 24.8 Å². The Balaban J connectivity index is 2.61. The third kappa shape index (κ3) is 5.81. The van der Waals surface area contributed by atoms with Crippen LogP contribution in [-0.2, 0) is 4.79 Å². The lowest BCUT2D eigenvalue weighted by atomic mass is 10.1. The van der Waals surface area contributed by atoms with Gasteiger partial charge in [-0.1, -0.05) is 15.9 Å². The highest BCUT2D eigenvalue weighted by Crippen LogP contribution is 2.28. The van der Waals surface area contributed by atoms with Gasteiger partial charge in [-0.3, -0.25) is 4.79 Å². The first-order valence-corrected chi connectivity index (χ1v) is 7.89. The Labute approximate surface area is 136 Å². The number of nitrogens with zero attached hydrogens (tertiary/aromatic N) is 1. The van der Waals surface area contributed by atoms with Crippen LogP contribution < -0.4 is 4.74 Å². The number of halogens is 2. The van der Waals surface area contributed by atoms with Crippen LogP contribution in [0.5, 0.6) is 5.75 Å². The quantitative estimate of drug-likeness (QED) is 0.786. The van der Waals surface area contributed by atoms with E-state index in [0.29, 0.717) is 12.3 Å². The first-order valence-electron chi connectivity index (χ1n) is 6.31. The summed E-state index contributed by atoms with van der Waals surface area (Å²) in [6.45, 7) is 5.99. The van der Waals surface area contributed by atoms with Crippen molar-refractivity contribution in [3.8, 4) is 5.75 Å². The molecule has 0 spiro atoms. The maximum Gasteiger partial charge on any atom is 0.260 e. The maximum atomic E-state index is 12.1. The Morgan fingerprint density at radius 1 is 1.40 bits per heavy atom. The standard InChI is InChI=1S/C14H19Br2NO3/c1-4-17(9-14(2,3)19)13(18)8-20-12-6-5-10(15)7-11(12)16/h5-7,19H,4,8-9H2,1-3H3. The van der Waals surface area contributed by atoms with E-state index in [9.17, 15) is 9.90 Å². The number of hydrogen-bond donors (Lipinski definition) is 1. The highest BCUT2D eigenvalue weighted by Gasteiger charge is 2.21. The van der Waals surface area contributed by atoms with Crippen LogP contribution in [-0.4, -0.2) is 41.2 Å². The average molecular weight is 409 g/mol. The summed E-state index contributed by atoms with van der Waals surface area (Å²) >= 11 is 6.74. The molecular formula is C14H19Br2NO3. The molecule has 1 rings (SSSR count). The minimum Gasteiger partial charge on any atom is -0.483 e. The van der Waals surface area contributed by atoms with Gasteiger partial charge >= 0.3 is 0 Å². The molecule has 0 aromatic heterocycles. The van der Waals surface area contributed by atoms with E-state index in [0.717, 1.165) is 8.95 Å². The molecule has 0 saturated carbocycles. The van der Waals surface area contributed by atoms with E-state index in [-0.39, 0.29) is 19.1 Å². The number of amides is 1. The minimum absolute atomic E-state index is 0.0514. The third-order valence-corrected chi connectivity index (χ3v) is 3.67. The van der Waals surface area contributed by atoms with Gasteiger partial charge in [0.1, 0.15) is 5.75 Å². The molecule has 0 unspecified atom stereocenters. The van der Waals surface area contributed by atoms with Crippen LogP contribution in [0.3, 0.4) is 0 Å². The molecule has 1 aromatic carbocycles. The minimum atomic E-state index is -0.913. The molecule has 0 aliphatic heterocycles. The lowest BCUT2D eigenvalue weighted by Gasteiger charge is -2.28.